The molecule has 0 unspecified atom stereocenters. The Bertz CT molecular complexity index is 660. The van der Waals surface area contributed by atoms with Gasteiger partial charge in [-0.1, -0.05) is 13.8 Å². The van der Waals surface area contributed by atoms with Crippen LogP contribution in [-0.2, 0) is 0 Å². The third kappa shape index (κ3) is 3.10. The topological polar surface area (TPSA) is 70.3 Å². The SMILES string of the molecule is COc1ccc(-c2nc(N)c(Br)c(C(C)C)n2)c(OC)c1. The number of aromatic nitrogens is 2. The highest BCUT2D eigenvalue weighted by Crippen LogP contribution is 2.35. The minimum absolute atomic E-state index is 0.229. The summed E-state index contributed by atoms with van der Waals surface area (Å²) in [5.41, 5.74) is 7.63. The molecule has 1 aromatic carbocycles. The first kappa shape index (κ1) is 15.6. The molecule has 0 atom stereocenters. The zero-order chi connectivity index (χ0) is 15.6. The number of nitrogens with zero attached hydrogens (tertiary/aromatic N) is 2. The van der Waals surface area contributed by atoms with Crippen LogP contribution in [-0.4, -0.2) is 24.2 Å². The molecule has 0 aliphatic heterocycles. The third-order valence-electron chi connectivity index (χ3n) is 3.10. The Morgan fingerprint density at radius 2 is 1.86 bits per heavy atom. The molecule has 0 amide bonds. The van der Waals surface area contributed by atoms with Crippen molar-refractivity contribution in [2.75, 3.05) is 20.0 Å². The van der Waals surface area contributed by atoms with Gasteiger partial charge in [0.15, 0.2) is 5.82 Å². The van der Waals surface area contributed by atoms with E-state index in [1.54, 1.807) is 20.3 Å². The molecular formula is C15H18BrN3O2. The number of hydrogen-bond acceptors (Lipinski definition) is 5. The van der Waals surface area contributed by atoms with Crippen molar-refractivity contribution < 1.29 is 9.47 Å². The summed E-state index contributed by atoms with van der Waals surface area (Å²) in [5.74, 6) is 2.55. The highest BCUT2D eigenvalue weighted by molar-refractivity contribution is 9.10. The predicted octanol–water partition coefficient (Wildman–Crippen LogP) is 3.63. The maximum absolute atomic E-state index is 5.98. The predicted molar refractivity (Wildman–Crippen MR) is 86.8 cm³/mol. The van der Waals surface area contributed by atoms with Gasteiger partial charge in [0, 0.05) is 6.07 Å². The Hall–Kier alpha value is -1.82. The van der Waals surface area contributed by atoms with E-state index in [1.165, 1.54) is 0 Å². The zero-order valence-electron chi connectivity index (χ0n) is 12.5. The maximum Gasteiger partial charge on any atom is 0.165 e. The smallest absolute Gasteiger partial charge is 0.165 e. The number of rotatable bonds is 4. The Morgan fingerprint density at radius 3 is 2.43 bits per heavy atom. The summed E-state index contributed by atoms with van der Waals surface area (Å²) in [5, 5.41) is 0. The summed E-state index contributed by atoms with van der Waals surface area (Å²) in [6, 6.07) is 5.50. The van der Waals surface area contributed by atoms with Gasteiger partial charge < -0.3 is 15.2 Å². The average Bonchev–Trinajstić information content (AvgIpc) is 2.48. The summed E-state index contributed by atoms with van der Waals surface area (Å²) in [4.78, 5) is 8.96. The molecule has 0 aliphatic carbocycles. The monoisotopic (exact) mass is 351 g/mol. The minimum Gasteiger partial charge on any atom is -0.497 e. The average molecular weight is 352 g/mol. The van der Waals surface area contributed by atoms with Gasteiger partial charge in [-0.2, -0.15) is 0 Å². The minimum atomic E-state index is 0.229. The van der Waals surface area contributed by atoms with Crippen LogP contribution in [0.15, 0.2) is 22.7 Å². The highest BCUT2D eigenvalue weighted by atomic mass is 79.9. The summed E-state index contributed by atoms with van der Waals surface area (Å²) < 4.78 is 11.3. The number of methoxy groups -OCH3 is 2. The van der Waals surface area contributed by atoms with E-state index < -0.39 is 0 Å². The zero-order valence-corrected chi connectivity index (χ0v) is 14.1. The lowest BCUT2D eigenvalue weighted by molar-refractivity contribution is 0.395. The molecule has 0 aliphatic rings. The standard InChI is InChI=1S/C15H18BrN3O2/c1-8(2)13-12(16)14(17)19-15(18-13)10-6-5-9(20-3)7-11(10)21-4/h5-8H,1-4H3,(H2,17,18,19). The fourth-order valence-corrected chi connectivity index (χ4v) is 2.60. The molecule has 21 heavy (non-hydrogen) atoms. The Balaban J connectivity index is 2.61. The Labute approximate surface area is 132 Å². The van der Waals surface area contributed by atoms with Crippen molar-refractivity contribution >= 4 is 21.7 Å². The molecule has 0 fully saturated rings. The molecular weight excluding hydrogens is 334 g/mol. The quantitative estimate of drug-likeness (QED) is 0.910. The van der Waals surface area contributed by atoms with Gasteiger partial charge >= 0.3 is 0 Å². The summed E-state index contributed by atoms with van der Waals surface area (Å²) in [6.07, 6.45) is 0. The number of anilines is 1. The van der Waals surface area contributed by atoms with Gasteiger partial charge in [0.2, 0.25) is 0 Å². The van der Waals surface area contributed by atoms with Crippen LogP contribution in [0.25, 0.3) is 11.4 Å². The van der Waals surface area contributed by atoms with Gasteiger partial charge in [0.05, 0.1) is 29.9 Å². The van der Waals surface area contributed by atoms with Crippen molar-refractivity contribution in [3.05, 3.63) is 28.4 Å². The van der Waals surface area contributed by atoms with E-state index in [0.29, 0.717) is 23.1 Å². The molecule has 112 valence electrons. The number of nitrogen functional groups attached to an aromatic ring is 1. The van der Waals surface area contributed by atoms with E-state index in [4.69, 9.17) is 15.2 Å². The van der Waals surface area contributed by atoms with Crippen molar-refractivity contribution in [2.24, 2.45) is 0 Å². The molecule has 2 N–H and O–H groups in total. The first-order valence-electron chi connectivity index (χ1n) is 6.53. The van der Waals surface area contributed by atoms with Crippen LogP contribution < -0.4 is 15.2 Å². The second-order valence-electron chi connectivity index (χ2n) is 4.85. The second-order valence-corrected chi connectivity index (χ2v) is 5.65. The highest BCUT2D eigenvalue weighted by Gasteiger charge is 2.17. The molecule has 2 aromatic rings. The fraction of sp³-hybridized carbons (Fsp3) is 0.333. The molecule has 0 saturated carbocycles. The van der Waals surface area contributed by atoms with Crippen LogP contribution >= 0.6 is 15.9 Å². The van der Waals surface area contributed by atoms with E-state index in [-0.39, 0.29) is 5.92 Å². The number of nitrogens with two attached hydrogens (primary N) is 1. The van der Waals surface area contributed by atoms with Crippen LogP contribution in [0, 0.1) is 0 Å². The molecule has 5 nitrogen and oxygen atoms in total. The maximum atomic E-state index is 5.98. The Morgan fingerprint density at radius 1 is 1.14 bits per heavy atom. The van der Waals surface area contributed by atoms with Crippen LogP contribution in [0.3, 0.4) is 0 Å². The molecule has 0 bridgehead atoms. The lowest BCUT2D eigenvalue weighted by atomic mass is 10.1. The number of ether oxygens (including phenoxy) is 2. The molecule has 2 rings (SSSR count). The number of benzene rings is 1. The lowest BCUT2D eigenvalue weighted by Gasteiger charge is -2.14. The van der Waals surface area contributed by atoms with Crippen molar-refractivity contribution in [3.8, 4) is 22.9 Å². The van der Waals surface area contributed by atoms with Crippen LogP contribution in [0.5, 0.6) is 11.5 Å². The third-order valence-corrected chi connectivity index (χ3v) is 3.91. The number of halogens is 1. The first-order chi connectivity index (χ1) is 9.97. The van der Waals surface area contributed by atoms with Crippen molar-refractivity contribution in [1.29, 1.82) is 0 Å². The van der Waals surface area contributed by atoms with Gasteiger partial charge in [-0.15, -0.1) is 0 Å². The van der Waals surface area contributed by atoms with E-state index in [0.717, 1.165) is 15.7 Å². The van der Waals surface area contributed by atoms with E-state index in [9.17, 15) is 0 Å². The number of hydrogen-bond donors (Lipinski definition) is 1. The van der Waals surface area contributed by atoms with Gasteiger partial charge in [-0.25, -0.2) is 9.97 Å². The second kappa shape index (κ2) is 6.30. The van der Waals surface area contributed by atoms with Crippen LogP contribution in [0.4, 0.5) is 5.82 Å². The van der Waals surface area contributed by atoms with Gasteiger partial charge in [-0.3, -0.25) is 0 Å². The fourth-order valence-electron chi connectivity index (χ4n) is 1.97. The van der Waals surface area contributed by atoms with E-state index in [1.807, 2.05) is 12.1 Å². The lowest BCUT2D eigenvalue weighted by Crippen LogP contribution is -2.05. The summed E-state index contributed by atoms with van der Waals surface area (Å²) in [6.45, 7) is 4.11. The van der Waals surface area contributed by atoms with Gasteiger partial charge in [0.1, 0.15) is 17.3 Å². The Kier molecular flexibility index (Phi) is 4.67. The largest absolute Gasteiger partial charge is 0.497 e. The first-order valence-corrected chi connectivity index (χ1v) is 7.32. The van der Waals surface area contributed by atoms with Crippen molar-refractivity contribution in [2.45, 2.75) is 19.8 Å². The molecule has 6 heteroatoms. The normalized spacial score (nSPS) is 10.8. The van der Waals surface area contributed by atoms with Gasteiger partial charge in [-0.05, 0) is 34.0 Å². The van der Waals surface area contributed by atoms with Crippen LogP contribution in [0.1, 0.15) is 25.5 Å². The molecule has 0 radical (unpaired) electrons. The van der Waals surface area contributed by atoms with Crippen molar-refractivity contribution in [1.82, 2.24) is 9.97 Å². The molecule has 1 aromatic heterocycles. The summed E-state index contributed by atoms with van der Waals surface area (Å²) in [7, 11) is 3.21. The molecule has 0 spiro atoms. The molecule has 0 saturated heterocycles. The van der Waals surface area contributed by atoms with E-state index in [2.05, 4.69) is 39.7 Å². The van der Waals surface area contributed by atoms with Crippen molar-refractivity contribution in [3.63, 3.8) is 0 Å². The summed E-state index contributed by atoms with van der Waals surface area (Å²) >= 11 is 3.44. The van der Waals surface area contributed by atoms with E-state index >= 15 is 0 Å². The van der Waals surface area contributed by atoms with Gasteiger partial charge in [0.25, 0.3) is 0 Å². The van der Waals surface area contributed by atoms with Crippen LogP contribution in [0.2, 0.25) is 0 Å². The molecule has 1 heterocycles.